The molecule has 0 bridgehead atoms. The highest BCUT2D eigenvalue weighted by molar-refractivity contribution is 5.16. The van der Waals surface area contributed by atoms with Gasteiger partial charge in [0.1, 0.15) is 0 Å². The molecule has 0 spiro atoms. The van der Waals surface area contributed by atoms with Gasteiger partial charge in [-0.15, -0.1) is 0 Å². The van der Waals surface area contributed by atoms with Crippen molar-refractivity contribution in [2.45, 2.75) is 19.4 Å². The minimum Gasteiger partial charge on any atom is -0.368 e. The summed E-state index contributed by atoms with van der Waals surface area (Å²) < 4.78 is 1.58. The Balaban J connectivity index is 2.86. The SMILES string of the molecule is CCC(NC)c1nc(N)n(C)n1. The lowest BCUT2D eigenvalue weighted by molar-refractivity contribution is 0.539. The maximum absolute atomic E-state index is 5.55. The van der Waals surface area contributed by atoms with Crippen LogP contribution in [0.1, 0.15) is 25.2 Å². The molecule has 0 aromatic carbocycles. The first-order chi connectivity index (χ1) is 5.69. The van der Waals surface area contributed by atoms with E-state index in [-0.39, 0.29) is 6.04 Å². The zero-order chi connectivity index (χ0) is 9.14. The van der Waals surface area contributed by atoms with E-state index in [4.69, 9.17) is 5.73 Å². The highest BCUT2D eigenvalue weighted by atomic mass is 15.4. The monoisotopic (exact) mass is 169 g/mol. The van der Waals surface area contributed by atoms with Gasteiger partial charge < -0.3 is 11.1 Å². The number of rotatable bonds is 3. The molecule has 1 heterocycles. The molecule has 1 atom stereocenters. The van der Waals surface area contributed by atoms with Gasteiger partial charge in [-0.05, 0) is 13.5 Å². The van der Waals surface area contributed by atoms with Gasteiger partial charge in [-0.3, -0.25) is 0 Å². The molecule has 12 heavy (non-hydrogen) atoms. The Labute approximate surface area is 72.0 Å². The van der Waals surface area contributed by atoms with Crippen molar-refractivity contribution in [1.82, 2.24) is 20.1 Å². The summed E-state index contributed by atoms with van der Waals surface area (Å²) >= 11 is 0. The summed E-state index contributed by atoms with van der Waals surface area (Å²) in [4.78, 5) is 4.12. The Hall–Kier alpha value is -1.10. The van der Waals surface area contributed by atoms with Crippen molar-refractivity contribution in [2.24, 2.45) is 7.05 Å². The van der Waals surface area contributed by atoms with Gasteiger partial charge in [-0.2, -0.15) is 10.1 Å². The van der Waals surface area contributed by atoms with E-state index in [0.29, 0.717) is 5.95 Å². The molecule has 0 aliphatic heterocycles. The molecule has 1 unspecified atom stereocenters. The van der Waals surface area contributed by atoms with E-state index in [0.717, 1.165) is 12.2 Å². The van der Waals surface area contributed by atoms with E-state index < -0.39 is 0 Å². The molecule has 1 rings (SSSR count). The fraction of sp³-hybridized carbons (Fsp3) is 0.714. The summed E-state index contributed by atoms with van der Waals surface area (Å²) in [6.45, 7) is 2.08. The molecule has 5 nitrogen and oxygen atoms in total. The second-order valence-electron chi connectivity index (χ2n) is 2.70. The Morgan fingerprint density at radius 1 is 1.67 bits per heavy atom. The van der Waals surface area contributed by atoms with E-state index >= 15 is 0 Å². The van der Waals surface area contributed by atoms with Crippen LogP contribution in [0.4, 0.5) is 5.95 Å². The number of nitrogens with zero attached hydrogens (tertiary/aromatic N) is 3. The average Bonchev–Trinajstić information content (AvgIpc) is 2.35. The standard InChI is InChI=1S/C7H15N5/c1-4-5(9-2)6-10-7(8)12(3)11-6/h5,9H,4H2,1-3H3,(H2,8,10,11). The minimum atomic E-state index is 0.202. The first kappa shape index (κ1) is 8.99. The van der Waals surface area contributed by atoms with Gasteiger partial charge in [-0.1, -0.05) is 6.92 Å². The van der Waals surface area contributed by atoms with Crippen LogP contribution in [0.5, 0.6) is 0 Å². The average molecular weight is 169 g/mol. The third kappa shape index (κ3) is 1.55. The van der Waals surface area contributed by atoms with Crippen LogP contribution >= 0.6 is 0 Å². The van der Waals surface area contributed by atoms with Crippen molar-refractivity contribution in [2.75, 3.05) is 12.8 Å². The van der Waals surface area contributed by atoms with Crippen LogP contribution < -0.4 is 11.1 Å². The van der Waals surface area contributed by atoms with Crippen LogP contribution in [0.15, 0.2) is 0 Å². The van der Waals surface area contributed by atoms with Gasteiger partial charge in [0, 0.05) is 7.05 Å². The minimum absolute atomic E-state index is 0.202. The van der Waals surface area contributed by atoms with Crippen LogP contribution in [0.3, 0.4) is 0 Å². The molecule has 0 amide bonds. The van der Waals surface area contributed by atoms with E-state index in [2.05, 4.69) is 22.3 Å². The molecule has 0 aliphatic rings. The largest absolute Gasteiger partial charge is 0.368 e. The second-order valence-corrected chi connectivity index (χ2v) is 2.70. The van der Waals surface area contributed by atoms with Crippen molar-refractivity contribution in [3.63, 3.8) is 0 Å². The van der Waals surface area contributed by atoms with E-state index in [9.17, 15) is 0 Å². The maximum atomic E-state index is 5.55. The van der Waals surface area contributed by atoms with Crippen LogP contribution in [0, 0.1) is 0 Å². The van der Waals surface area contributed by atoms with Crippen molar-refractivity contribution in [3.05, 3.63) is 5.82 Å². The van der Waals surface area contributed by atoms with Crippen LogP contribution in [-0.4, -0.2) is 21.8 Å². The third-order valence-corrected chi connectivity index (χ3v) is 1.88. The molecule has 0 saturated heterocycles. The van der Waals surface area contributed by atoms with Gasteiger partial charge in [0.15, 0.2) is 5.82 Å². The van der Waals surface area contributed by atoms with Gasteiger partial charge >= 0.3 is 0 Å². The summed E-state index contributed by atoms with van der Waals surface area (Å²) in [6.07, 6.45) is 0.958. The molecular formula is C7H15N5. The summed E-state index contributed by atoms with van der Waals surface area (Å²) in [5, 5.41) is 7.28. The van der Waals surface area contributed by atoms with E-state index in [1.54, 1.807) is 11.7 Å². The highest BCUT2D eigenvalue weighted by Gasteiger charge is 2.12. The number of nitrogens with one attached hydrogen (secondary N) is 1. The zero-order valence-electron chi connectivity index (χ0n) is 7.70. The summed E-state index contributed by atoms with van der Waals surface area (Å²) in [5.41, 5.74) is 5.55. The number of aryl methyl sites for hydroxylation is 1. The predicted molar refractivity (Wildman–Crippen MR) is 47.5 cm³/mol. The van der Waals surface area contributed by atoms with E-state index in [1.807, 2.05) is 7.05 Å². The lowest BCUT2D eigenvalue weighted by atomic mass is 10.2. The quantitative estimate of drug-likeness (QED) is 0.671. The van der Waals surface area contributed by atoms with Crippen LogP contribution in [0.2, 0.25) is 0 Å². The molecule has 0 radical (unpaired) electrons. The Morgan fingerprint density at radius 3 is 2.67 bits per heavy atom. The Bertz CT molecular complexity index is 231. The highest BCUT2D eigenvalue weighted by Crippen LogP contribution is 2.11. The molecule has 0 aliphatic carbocycles. The molecule has 0 saturated carbocycles. The summed E-state index contributed by atoms with van der Waals surface area (Å²) in [6, 6.07) is 0.202. The molecule has 1 aromatic heterocycles. The molecule has 68 valence electrons. The fourth-order valence-electron chi connectivity index (χ4n) is 1.08. The Kier molecular flexibility index (Phi) is 2.65. The predicted octanol–water partition coefficient (Wildman–Crippen LogP) is 0.0678. The smallest absolute Gasteiger partial charge is 0.218 e. The van der Waals surface area contributed by atoms with Crippen molar-refractivity contribution in [3.8, 4) is 0 Å². The van der Waals surface area contributed by atoms with Gasteiger partial charge in [-0.25, -0.2) is 4.68 Å². The first-order valence-corrected chi connectivity index (χ1v) is 4.02. The second kappa shape index (κ2) is 3.53. The third-order valence-electron chi connectivity index (χ3n) is 1.88. The summed E-state index contributed by atoms with van der Waals surface area (Å²) in [7, 11) is 3.68. The fourth-order valence-corrected chi connectivity index (χ4v) is 1.08. The molecular weight excluding hydrogens is 154 g/mol. The lowest BCUT2D eigenvalue weighted by Gasteiger charge is -2.07. The van der Waals surface area contributed by atoms with Crippen molar-refractivity contribution < 1.29 is 0 Å². The molecule has 0 fully saturated rings. The topological polar surface area (TPSA) is 68.8 Å². The Morgan fingerprint density at radius 2 is 2.33 bits per heavy atom. The van der Waals surface area contributed by atoms with Crippen molar-refractivity contribution in [1.29, 1.82) is 0 Å². The van der Waals surface area contributed by atoms with Gasteiger partial charge in [0.25, 0.3) is 0 Å². The normalized spacial score (nSPS) is 13.2. The van der Waals surface area contributed by atoms with Crippen molar-refractivity contribution >= 4 is 5.95 Å². The zero-order valence-corrected chi connectivity index (χ0v) is 7.70. The maximum Gasteiger partial charge on any atom is 0.218 e. The number of hydrogen-bond acceptors (Lipinski definition) is 4. The van der Waals surface area contributed by atoms with E-state index in [1.165, 1.54) is 0 Å². The molecule has 1 aromatic rings. The molecule has 3 N–H and O–H groups in total. The summed E-state index contributed by atoms with van der Waals surface area (Å²) in [5.74, 6) is 1.22. The number of anilines is 1. The molecule has 5 heteroatoms. The van der Waals surface area contributed by atoms with Crippen LogP contribution in [-0.2, 0) is 7.05 Å². The number of nitrogens with two attached hydrogens (primary N) is 1. The number of hydrogen-bond donors (Lipinski definition) is 2. The van der Waals surface area contributed by atoms with Gasteiger partial charge in [0.2, 0.25) is 5.95 Å². The number of nitrogen functional groups attached to an aromatic ring is 1. The first-order valence-electron chi connectivity index (χ1n) is 4.02. The number of aromatic nitrogens is 3. The van der Waals surface area contributed by atoms with Gasteiger partial charge in [0.05, 0.1) is 6.04 Å². The van der Waals surface area contributed by atoms with Crippen LogP contribution in [0.25, 0.3) is 0 Å². The lowest BCUT2D eigenvalue weighted by Crippen LogP contribution is -2.16.